The van der Waals surface area contributed by atoms with Crippen LogP contribution in [0, 0.1) is 12.7 Å². The molecule has 1 heterocycles. The van der Waals surface area contributed by atoms with E-state index in [2.05, 4.69) is 10.1 Å². The lowest BCUT2D eigenvalue weighted by Gasteiger charge is -2.22. The van der Waals surface area contributed by atoms with Crippen LogP contribution in [0.2, 0.25) is 0 Å². The predicted octanol–water partition coefficient (Wildman–Crippen LogP) is 3.20. The second-order valence-electron chi connectivity index (χ2n) is 5.43. The molecule has 1 aliphatic carbocycles. The van der Waals surface area contributed by atoms with Crippen LogP contribution in [0.15, 0.2) is 22.7 Å². The van der Waals surface area contributed by atoms with E-state index in [1.165, 1.54) is 6.07 Å². The average Bonchev–Trinajstić information content (AvgIpc) is 2.92. The van der Waals surface area contributed by atoms with Crippen molar-refractivity contribution in [3.63, 3.8) is 0 Å². The number of aromatic nitrogens is 2. The van der Waals surface area contributed by atoms with Gasteiger partial charge in [-0.2, -0.15) is 4.98 Å². The van der Waals surface area contributed by atoms with Crippen molar-refractivity contribution in [3.8, 4) is 11.4 Å². The average molecular weight is 276 g/mol. The molecule has 0 aliphatic heterocycles. The Morgan fingerprint density at radius 2 is 2.00 bits per heavy atom. The highest BCUT2D eigenvalue weighted by atomic mass is 19.1. The Morgan fingerprint density at radius 3 is 2.70 bits per heavy atom. The monoisotopic (exact) mass is 276 g/mol. The van der Waals surface area contributed by atoms with Crippen LogP contribution in [-0.4, -0.2) is 21.4 Å². The lowest BCUT2D eigenvalue weighted by Crippen LogP contribution is -2.17. The number of rotatable bonds is 2. The molecule has 1 fully saturated rings. The molecule has 1 N–H and O–H groups in total. The standard InChI is InChI=1S/C15H17FN2O2/c1-9-2-3-11(8-13(9)16)14-17-15(20-18-14)10-4-6-12(19)7-5-10/h2-3,8,10,12,19H,4-7H2,1H3. The molecular weight excluding hydrogens is 259 g/mol. The lowest BCUT2D eigenvalue weighted by molar-refractivity contribution is 0.116. The summed E-state index contributed by atoms with van der Waals surface area (Å²) in [6, 6.07) is 4.92. The van der Waals surface area contributed by atoms with Crippen LogP contribution < -0.4 is 0 Å². The van der Waals surface area contributed by atoms with E-state index in [9.17, 15) is 9.50 Å². The normalized spacial score (nSPS) is 22.9. The zero-order valence-corrected chi connectivity index (χ0v) is 11.3. The van der Waals surface area contributed by atoms with Crippen molar-refractivity contribution in [1.29, 1.82) is 0 Å². The summed E-state index contributed by atoms with van der Waals surface area (Å²) in [5.41, 5.74) is 1.22. The van der Waals surface area contributed by atoms with E-state index >= 15 is 0 Å². The van der Waals surface area contributed by atoms with Crippen molar-refractivity contribution >= 4 is 0 Å². The van der Waals surface area contributed by atoms with Gasteiger partial charge in [0.2, 0.25) is 11.7 Å². The molecule has 0 unspecified atom stereocenters. The SMILES string of the molecule is Cc1ccc(-c2noc(C3CCC(O)CC3)n2)cc1F. The molecule has 0 bridgehead atoms. The van der Waals surface area contributed by atoms with Crippen LogP contribution in [0.4, 0.5) is 4.39 Å². The Balaban J connectivity index is 1.81. The zero-order valence-electron chi connectivity index (χ0n) is 11.3. The quantitative estimate of drug-likeness (QED) is 0.915. The molecule has 1 aromatic heterocycles. The van der Waals surface area contributed by atoms with Crippen LogP contribution in [0.5, 0.6) is 0 Å². The maximum atomic E-state index is 13.6. The van der Waals surface area contributed by atoms with Gasteiger partial charge in [-0.15, -0.1) is 0 Å². The molecule has 1 aromatic carbocycles. The first-order valence-corrected chi connectivity index (χ1v) is 6.91. The van der Waals surface area contributed by atoms with Gasteiger partial charge in [0.15, 0.2) is 0 Å². The largest absolute Gasteiger partial charge is 0.393 e. The van der Waals surface area contributed by atoms with E-state index in [0.29, 0.717) is 22.8 Å². The van der Waals surface area contributed by atoms with Crippen molar-refractivity contribution in [1.82, 2.24) is 10.1 Å². The van der Waals surface area contributed by atoms with Gasteiger partial charge >= 0.3 is 0 Å². The molecule has 5 heteroatoms. The second kappa shape index (κ2) is 5.32. The number of aliphatic hydroxyl groups excluding tert-OH is 1. The van der Waals surface area contributed by atoms with Crippen molar-refractivity contribution in [2.24, 2.45) is 0 Å². The summed E-state index contributed by atoms with van der Waals surface area (Å²) >= 11 is 0. The molecule has 0 spiro atoms. The van der Waals surface area contributed by atoms with E-state index < -0.39 is 0 Å². The van der Waals surface area contributed by atoms with Gasteiger partial charge in [-0.05, 0) is 44.2 Å². The Morgan fingerprint density at radius 1 is 1.25 bits per heavy atom. The van der Waals surface area contributed by atoms with Gasteiger partial charge in [-0.1, -0.05) is 17.3 Å². The minimum absolute atomic E-state index is 0.204. The first kappa shape index (κ1) is 13.2. The number of halogens is 1. The van der Waals surface area contributed by atoms with Crippen LogP contribution >= 0.6 is 0 Å². The molecule has 20 heavy (non-hydrogen) atoms. The molecule has 106 valence electrons. The third kappa shape index (κ3) is 2.58. The fraction of sp³-hybridized carbons (Fsp3) is 0.467. The molecule has 0 saturated heterocycles. The smallest absolute Gasteiger partial charge is 0.230 e. The maximum absolute atomic E-state index is 13.6. The first-order valence-electron chi connectivity index (χ1n) is 6.91. The summed E-state index contributed by atoms with van der Waals surface area (Å²) < 4.78 is 18.9. The van der Waals surface area contributed by atoms with Gasteiger partial charge in [0.25, 0.3) is 0 Å². The summed E-state index contributed by atoms with van der Waals surface area (Å²) in [6.07, 6.45) is 3.03. The molecule has 2 aromatic rings. The summed E-state index contributed by atoms with van der Waals surface area (Å²) in [5, 5.41) is 13.4. The molecule has 1 saturated carbocycles. The van der Waals surface area contributed by atoms with Crippen LogP contribution in [0.25, 0.3) is 11.4 Å². The second-order valence-corrected chi connectivity index (χ2v) is 5.43. The fourth-order valence-corrected chi connectivity index (χ4v) is 2.57. The summed E-state index contributed by atoms with van der Waals surface area (Å²) in [6.45, 7) is 1.72. The number of hydrogen-bond donors (Lipinski definition) is 1. The Kier molecular flexibility index (Phi) is 3.53. The predicted molar refractivity (Wildman–Crippen MR) is 71.6 cm³/mol. The minimum Gasteiger partial charge on any atom is -0.393 e. The summed E-state index contributed by atoms with van der Waals surface area (Å²) in [7, 11) is 0. The Hall–Kier alpha value is -1.75. The highest BCUT2D eigenvalue weighted by molar-refractivity contribution is 5.55. The van der Waals surface area contributed by atoms with E-state index in [1.54, 1.807) is 19.1 Å². The van der Waals surface area contributed by atoms with E-state index in [-0.39, 0.29) is 17.8 Å². The van der Waals surface area contributed by atoms with Crippen molar-refractivity contribution < 1.29 is 14.0 Å². The summed E-state index contributed by atoms with van der Waals surface area (Å²) in [4.78, 5) is 4.37. The molecule has 0 amide bonds. The van der Waals surface area contributed by atoms with Crippen LogP contribution in [-0.2, 0) is 0 Å². The van der Waals surface area contributed by atoms with E-state index in [0.717, 1.165) is 25.7 Å². The third-order valence-electron chi connectivity index (χ3n) is 3.92. The van der Waals surface area contributed by atoms with Gasteiger partial charge in [0.1, 0.15) is 5.82 Å². The molecule has 0 atom stereocenters. The van der Waals surface area contributed by atoms with Gasteiger partial charge in [0.05, 0.1) is 6.10 Å². The number of aliphatic hydroxyl groups is 1. The zero-order chi connectivity index (χ0) is 14.1. The van der Waals surface area contributed by atoms with Gasteiger partial charge in [-0.25, -0.2) is 4.39 Å². The number of nitrogens with zero attached hydrogens (tertiary/aromatic N) is 2. The van der Waals surface area contributed by atoms with Gasteiger partial charge in [0, 0.05) is 11.5 Å². The van der Waals surface area contributed by atoms with Crippen molar-refractivity contribution in [3.05, 3.63) is 35.5 Å². The Labute approximate surface area is 116 Å². The maximum Gasteiger partial charge on any atom is 0.230 e. The third-order valence-corrected chi connectivity index (χ3v) is 3.92. The van der Waals surface area contributed by atoms with E-state index in [1.807, 2.05) is 0 Å². The molecule has 3 rings (SSSR count). The van der Waals surface area contributed by atoms with Crippen LogP contribution in [0.3, 0.4) is 0 Å². The fourth-order valence-electron chi connectivity index (χ4n) is 2.57. The molecule has 1 aliphatic rings. The molecule has 0 radical (unpaired) electrons. The van der Waals surface area contributed by atoms with Gasteiger partial charge in [-0.3, -0.25) is 0 Å². The first-order chi connectivity index (χ1) is 9.63. The number of aryl methyl sites for hydroxylation is 1. The van der Waals surface area contributed by atoms with Crippen LogP contribution in [0.1, 0.15) is 43.1 Å². The lowest BCUT2D eigenvalue weighted by atomic mass is 9.87. The Bertz CT molecular complexity index is 604. The highest BCUT2D eigenvalue weighted by Gasteiger charge is 2.25. The molecule has 4 nitrogen and oxygen atoms in total. The number of hydrogen-bond acceptors (Lipinski definition) is 4. The van der Waals surface area contributed by atoms with Crippen molar-refractivity contribution in [2.45, 2.75) is 44.6 Å². The topological polar surface area (TPSA) is 59.2 Å². The molecular formula is C15H17FN2O2. The van der Waals surface area contributed by atoms with Crippen molar-refractivity contribution in [2.75, 3.05) is 0 Å². The highest BCUT2D eigenvalue weighted by Crippen LogP contribution is 2.32. The van der Waals surface area contributed by atoms with E-state index in [4.69, 9.17) is 4.52 Å². The minimum atomic E-state index is -0.269. The number of benzene rings is 1. The summed E-state index contributed by atoms with van der Waals surface area (Å²) in [5.74, 6) is 0.947. The van der Waals surface area contributed by atoms with Gasteiger partial charge < -0.3 is 9.63 Å².